The molecule has 0 saturated carbocycles. The van der Waals surface area contributed by atoms with Gasteiger partial charge in [0, 0.05) is 5.56 Å². The molecule has 16 heavy (non-hydrogen) atoms. The first-order valence-electron chi connectivity index (χ1n) is 4.38. The molecule has 0 unspecified atom stereocenters. The monoisotopic (exact) mass is 242 g/mol. The van der Waals surface area contributed by atoms with Crippen molar-refractivity contribution in [2.75, 3.05) is 7.11 Å². The fourth-order valence-electron chi connectivity index (χ4n) is 1.88. The van der Waals surface area contributed by atoms with Crippen LogP contribution in [0.5, 0.6) is 5.75 Å². The van der Waals surface area contributed by atoms with Crippen molar-refractivity contribution >= 4 is 27.3 Å². The molecule has 0 fully saturated rings. The molecule has 0 aliphatic carbocycles. The molecule has 3 rings (SSSR count). The Hall–Kier alpha value is -1.76. The Morgan fingerprint density at radius 2 is 2.00 bits per heavy atom. The minimum atomic E-state index is -3.93. The van der Waals surface area contributed by atoms with Crippen molar-refractivity contribution in [3.63, 3.8) is 0 Å². The highest BCUT2D eigenvalue weighted by Gasteiger charge is 2.44. The SMILES string of the molecule is COC(=O)c1c2c3oc1c(C)c3OS2(=O)=O. The summed E-state index contributed by atoms with van der Waals surface area (Å²) in [6.07, 6.45) is 0. The number of aryl methyl sites for hydroxylation is 1. The zero-order valence-corrected chi connectivity index (χ0v) is 9.17. The third kappa shape index (κ3) is 0.827. The van der Waals surface area contributed by atoms with Crippen LogP contribution >= 0.6 is 0 Å². The van der Waals surface area contributed by atoms with Gasteiger partial charge < -0.3 is 13.3 Å². The maximum absolute atomic E-state index is 11.6. The first-order valence-corrected chi connectivity index (χ1v) is 5.79. The predicted octanol–water partition coefficient (Wildman–Crippen LogP) is 1.05. The summed E-state index contributed by atoms with van der Waals surface area (Å²) >= 11 is 0. The van der Waals surface area contributed by atoms with Gasteiger partial charge in [0.2, 0.25) is 0 Å². The predicted molar refractivity (Wildman–Crippen MR) is 51.3 cm³/mol. The second-order valence-corrected chi connectivity index (χ2v) is 4.93. The van der Waals surface area contributed by atoms with Gasteiger partial charge >= 0.3 is 16.1 Å². The van der Waals surface area contributed by atoms with Crippen LogP contribution in [0, 0.1) is 6.92 Å². The molecule has 2 aromatic heterocycles. The zero-order chi connectivity index (χ0) is 11.7. The summed E-state index contributed by atoms with van der Waals surface area (Å²) in [7, 11) is -2.75. The minimum Gasteiger partial charge on any atom is -0.465 e. The van der Waals surface area contributed by atoms with Crippen molar-refractivity contribution in [2.24, 2.45) is 0 Å². The van der Waals surface area contributed by atoms with Crippen molar-refractivity contribution in [2.45, 2.75) is 11.8 Å². The van der Waals surface area contributed by atoms with Crippen LogP contribution in [0.3, 0.4) is 0 Å². The molecule has 0 spiro atoms. The smallest absolute Gasteiger partial charge is 0.344 e. The number of hydrogen-bond acceptors (Lipinski definition) is 6. The van der Waals surface area contributed by atoms with E-state index in [1.165, 1.54) is 7.11 Å². The summed E-state index contributed by atoms with van der Waals surface area (Å²) < 4.78 is 37.8. The quantitative estimate of drug-likeness (QED) is 0.549. The number of benzene rings is 1. The molecule has 0 radical (unpaired) electrons. The molecule has 1 aliphatic rings. The normalized spacial score (nSPS) is 16.6. The van der Waals surface area contributed by atoms with Crippen molar-refractivity contribution in [3.8, 4) is 5.75 Å². The standard InChI is InChI=1S/C9H6O6S/c1-3-5-4(9(10)13-2)8-7(14-5)6(3)15-16(8,11)12/h1-2H3. The molecular formula is C9H6O6S. The number of rotatable bonds is 1. The van der Waals surface area contributed by atoms with Gasteiger partial charge in [-0.1, -0.05) is 0 Å². The first kappa shape index (κ1) is 9.46. The van der Waals surface area contributed by atoms with Crippen molar-refractivity contribution in [1.29, 1.82) is 0 Å². The average Bonchev–Trinajstić information content (AvgIpc) is 2.80. The van der Waals surface area contributed by atoms with Crippen molar-refractivity contribution in [3.05, 3.63) is 11.1 Å². The van der Waals surface area contributed by atoms with Gasteiger partial charge in [-0.15, -0.1) is 0 Å². The number of furan rings is 2. The lowest BCUT2D eigenvalue weighted by molar-refractivity contribution is 0.0598. The third-order valence-corrected chi connectivity index (χ3v) is 3.86. The fourth-order valence-corrected chi connectivity index (χ4v) is 3.17. The summed E-state index contributed by atoms with van der Waals surface area (Å²) in [6.45, 7) is 1.62. The highest BCUT2D eigenvalue weighted by Crippen LogP contribution is 2.49. The topological polar surface area (TPSA) is 82.8 Å². The molecule has 2 aromatic rings. The third-order valence-electron chi connectivity index (χ3n) is 2.58. The van der Waals surface area contributed by atoms with Crippen LogP contribution in [0.15, 0.2) is 9.31 Å². The second-order valence-electron chi connectivity index (χ2n) is 3.45. The largest absolute Gasteiger partial charge is 0.465 e. The highest BCUT2D eigenvalue weighted by atomic mass is 32.2. The first-order chi connectivity index (χ1) is 7.47. The van der Waals surface area contributed by atoms with Crippen LogP contribution in [0.1, 0.15) is 15.9 Å². The van der Waals surface area contributed by atoms with Gasteiger partial charge in [-0.2, -0.15) is 8.42 Å². The lowest BCUT2D eigenvalue weighted by atomic mass is 10.1. The van der Waals surface area contributed by atoms with Gasteiger partial charge in [-0.25, -0.2) is 4.79 Å². The van der Waals surface area contributed by atoms with Gasteiger partial charge in [0.1, 0.15) is 5.56 Å². The number of fused-ring (bicyclic) bond motifs is 1. The summed E-state index contributed by atoms with van der Waals surface area (Å²) in [5, 5.41) is 0. The van der Waals surface area contributed by atoms with E-state index in [9.17, 15) is 13.2 Å². The molecule has 0 atom stereocenters. The van der Waals surface area contributed by atoms with E-state index in [4.69, 9.17) is 8.60 Å². The Balaban J connectivity index is 2.48. The summed E-state index contributed by atoms with van der Waals surface area (Å²) in [5.41, 5.74) is 0.748. The van der Waals surface area contributed by atoms with Gasteiger partial charge in [-0.05, 0) is 6.92 Å². The molecule has 6 nitrogen and oxygen atoms in total. The van der Waals surface area contributed by atoms with E-state index in [0.717, 1.165) is 0 Å². The highest BCUT2D eigenvalue weighted by molar-refractivity contribution is 7.87. The minimum absolute atomic E-state index is 0.0729. The van der Waals surface area contributed by atoms with Gasteiger partial charge in [0.05, 0.1) is 7.11 Å². The van der Waals surface area contributed by atoms with E-state index in [2.05, 4.69) is 4.74 Å². The summed E-state index contributed by atoms with van der Waals surface area (Å²) in [4.78, 5) is 11.3. The van der Waals surface area contributed by atoms with E-state index >= 15 is 0 Å². The Morgan fingerprint density at radius 3 is 2.62 bits per heavy atom. The molecule has 1 aliphatic heterocycles. The summed E-state index contributed by atoms with van der Waals surface area (Å²) in [6, 6.07) is 0. The van der Waals surface area contributed by atoms with Gasteiger partial charge in [0.15, 0.2) is 21.8 Å². The number of carbonyl (C=O) groups excluding carboxylic acids is 1. The number of hydrogen-bond donors (Lipinski definition) is 0. The van der Waals surface area contributed by atoms with E-state index in [-0.39, 0.29) is 27.4 Å². The Bertz CT molecular complexity index is 708. The van der Waals surface area contributed by atoms with Crippen LogP contribution in [0.2, 0.25) is 0 Å². The number of ether oxygens (including phenoxy) is 1. The van der Waals surface area contributed by atoms with Crippen LogP contribution < -0.4 is 4.18 Å². The zero-order valence-electron chi connectivity index (χ0n) is 8.36. The fraction of sp³-hybridized carbons (Fsp3) is 0.222. The Kier molecular flexibility index (Phi) is 1.47. The number of methoxy groups -OCH3 is 1. The Morgan fingerprint density at radius 1 is 1.31 bits per heavy atom. The average molecular weight is 242 g/mol. The van der Waals surface area contributed by atoms with E-state index in [1.54, 1.807) is 6.92 Å². The maximum atomic E-state index is 11.6. The molecular weight excluding hydrogens is 236 g/mol. The van der Waals surface area contributed by atoms with E-state index in [0.29, 0.717) is 5.56 Å². The molecule has 2 bridgehead atoms. The molecule has 0 N–H and O–H groups in total. The molecule has 0 aromatic carbocycles. The lowest BCUT2D eigenvalue weighted by Gasteiger charge is -1.97. The number of carbonyl (C=O) groups is 1. The number of esters is 1. The second kappa shape index (κ2) is 2.49. The van der Waals surface area contributed by atoms with Crippen LogP contribution in [-0.4, -0.2) is 21.5 Å². The van der Waals surface area contributed by atoms with Crippen LogP contribution in [0.25, 0.3) is 11.2 Å². The molecule has 0 saturated heterocycles. The lowest BCUT2D eigenvalue weighted by Crippen LogP contribution is -2.09. The molecule has 7 heteroatoms. The molecule has 0 amide bonds. The van der Waals surface area contributed by atoms with Crippen molar-refractivity contribution in [1.82, 2.24) is 0 Å². The summed E-state index contributed by atoms with van der Waals surface area (Å²) in [5.74, 6) is -0.565. The van der Waals surface area contributed by atoms with E-state index < -0.39 is 16.1 Å². The molecule has 84 valence electrons. The van der Waals surface area contributed by atoms with Crippen LogP contribution in [-0.2, 0) is 14.9 Å². The van der Waals surface area contributed by atoms with Gasteiger partial charge in [-0.3, -0.25) is 0 Å². The van der Waals surface area contributed by atoms with Crippen LogP contribution in [0.4, 0.5) is 0 Å². The Labute approximate surface area is 90.2 Å². The van der Waals surface area contributed by atoms with Crippen molar-refractivity contribution < 1.29 is 26.5 Å². The molecule has 3 heterocycles. The van der Waals surface area contributed by atoms with Gasteiger partial charge in [0.25, 0.3) is 0 Å². The van der Waals surface area contributed by atoms with E-state index in [1.807, 2.05) is 0 Å². The maximum Gasteiger partial charge on any atom is 0.344 e.